The van der Waals surface area contributed by atoms with Crippen molar-refractivity contribution in [3.63, 3.8) is 0 Å². The van der Waals surface area contributed by atoms with Crippen molar-refractivity contribution in [3.05, 3.63) is 41.5 Å². The second kappa shape index (κ2) is 6.13. The van der Waals surface area contributed by atoms with E-state index >= 15 is 0 Å². The summed E-state index contributed by atoms with van der Waals surface area (Å²) in [6.07, 6.45) is 4.24. The highest BCUT2D eigenvalue weighted by molar-refractivity contribution is 5.73. The van der Waals surface area contributed by atoms with E-state index in [9.17, 15) is 4.39 Å². The van der Waals surface area contributed by atoms with Crippen LogP contribution < -0.4 is 4.74 Å². The summed E-state index contributed by atoms with van der Waals surface area (Å²) in [4.78, 5) is 4.04. The molecule has 0 N–H and O–H groups in total. The Labute approximate surface area is 125 Å². The van der Waals surface area contributed by atoms with Crippen molar-refractivity contribution in [1.29, 1.82) is 0 Å². The SMILES string of the molecule is Cc1ccc(OC(C)C#CC2(F)C=CC=NC2C)cc1C. The Kier molecular flexibility index (Phi) is 4.47. The topological polar surface area (TPSA) is 21.6 Å². The van der Waals surface area contributed by atoms with Crippen LogP contribution in [0.1, 0.15) is 25.0 Å². The van der Waals surface area contributed by atoms with E-state index in [-0.39, 0.29) is 6.10 Å². The van der Waals surface area contributed by atoms with Gasteiger partial charge in [-0.2, -0.15) is 0 Å². The first-order valence-corrected chi connectivity index (χ1v) is 7.07. The van der Waals surface area contributed by atoms with E-state index in [2.05, 4.69) is 16.8 Å². The molecule has 0 radical (unpaired) electrons. The Morgan fingerprint density at radius 3 is 2.76 bits per heavy atom. The van der Waals surface area contributed by atoms with Gasteiger partial charge >= 0.3 is 0 Å². The van der Waals surface area contributed by atoms with E-state index in [0.29, 0.717) is 0 Å². The number of nitrogens with zero attached hydrogens (tertiary/aromatic N) is 1. The summed E-state index contributed by atoms with van der Waals surface area (Å²) >= 11 is 0. The molecule has 0 saturated heterocycles. The average Bonchev–Trinajstić information content (AvgIpc) is 2.44. The van der Waals surface area contributed by atoms with Gasteiger partial charge in [0.25, 0.3) is 0 Å². The fourth-order valence-electron chi connectivity index (χ4n) is 1.99. The van der Waals surface area contributed by atoms with Crippen LogP contribution >= 0.6 is 0 Å². The van der Waals surface area contributed by atoms with Gasteiger partial charge in [-0.15, -0.1) is 0 Å². The number of dihydropyridines is 1. The third kappa shape index (κ3) is 3.72. The third-order valence-electron chi connectivity index (χ3n) is 3.60. The highest BCUT2D eigenvalue weighted by atomic mass is 19.1. The Hall–Kier alpha value is -2.08. The summed E-state index contributed by atoms with van der Waals surface area (Å²) in [7, 11) is 0. The molecule has 3 atom stereocenters. The van der Waals surface area contributed by atoms with E-state index in [0.717, 1.165) is 11.3 Å². The second-order valence-corrected chi connectivity index (χ2v) is 5.38. The number of allylic oxidation sites excluding steroid dienone is 1. The summed E-state index contributed by atoms with van der Waals surface area (Å²) in [5.41, 5.74) is 0.658. The number of hydrogen-bond donors (Lipinski definition) is 0. The van der Waals surface area contributed by atoms with Gasteiger partial charge in [-0.3, -0.25) is 4.99 Å². The number of aliphatic imine (C=N–C) groups is 1. The van der Waals surface area contributed by atoms with E-state index in [1.165, 1.54) is 11.6 Å². The summed E-state index contributed by atoms with van der Waals surface area (Å²) in [5.74, 6) is 6.23. The van der Waals surface area contributed by atoms with Gasteiger partial charge in [0.2, 0.25) is 5.67 Å². The first-order chi connectivity index (χ1) is 9.90. The maximum atomic E-state index is 14.6. The van der Waals surface area contributed by atoms with Crippen LogP contribution in [-0.2, 0) is 0 Å². The molecule has 0 spiro atoms. The zero-order chi connectivity index (χ0) is 15.5. The average molecular weight is 285 g/mol. The van der Waals surface area contributed by atoms with Gasteiger partial charge in [-0.1, -0.05) is 17.9 Å². The molecule has 0 aliphatic carbocycles. The fraction of sp³-hybridized carbons (Fsp3) is 0.389. The second-order valence-electron chi connectivity index (χ2n) is 5.38. The van der Waals surface area contributed by atoms with Gasteiger partial charge in [-0.05, 0) is 63.1 Å². The smallest absolute Gasteiger partial charge is 0.211 e. The normalized spacial score (nSPS) is 25.1. The molecule has 0 fully saturated rings. The predicted molar refractivity (Wildman–Crippen MR) is 84.7 cm³/mol. The molecule has 2 rings (SSSR count). The van der Waals surface area contributed by atoms with E-state index in [1.807, 2.05) is 39.0 Å². The van der Waals surface area contributed by atoms with Crippen molar-refractivity contribution >= 4 is 6.21 Å². The molecule has 21 heavy (non-hydrogen) atoms. The van der Waals surface area contributed by atoms with Crippen LogP contribution in [0.3, 0.4) is 0 Å². The van der Waals surface area contributed by atoms with Gasteiger partial charge in [-0.25, -0.2) is 4.39 Å². The molecule has 3 heteroatoms. The van der Waals surface area contributed by atoms with Crippen molar-refractivity contribution in [1.82, 2.24) is 0 Å². The fourth-order valence-corrected chi connectivity index (χ4v) is 1.99. The lowest BCUT2D eigenvalue weighted by atomic mass is 9.96. The Balaban J connectivity index is 2.07. The minimum absolute atomic E-state index is 0.383. The van der Waals surface area contributed by atoms with E-state index < -0.39 is 11.7 Å². The number of halogens is 1. The molecule has 1 heterocycles. The molecule has 1 aromatic carbocycles. The minimum atomic E-state index is -1.71. The lowest BCUT2D eigenvalue weighted by Gasteiger charge is -2.22. The van der Waals surface area contributed by atoms with Crippen molar-refractivity contribution in [3.8, 4) is 17.6 Å². The molecule has 110 valence electrons. The highest BCUT2D eigenvalue weighted by Crippen LogP contribution is 2.23. The highest BCUT2D eigenvalue weighted by Gasteiger charge is 2.32. The molecule has 2 nitrogen and oxygen atoms in total. The van der Waals surface area contributed by atoms with Gasteiger partial charge in [0.05, 0.1) is 6.04 Å². The van der Waals surface area contributed by atoms with Crippen LogP contribution in [-0.4, -0.2) is 24.0 Å². The molecule has 1 aliphatic heterocycles. The lowest BCUT2D eigenvalue weighted by Crippen LogP contribution is -2.33. The van der Waals surface area contributed by atoms with Crippen LogP contribution in [0.15, 0.2) is 35.3 Å². The van der Waals surface area contributed by atoms with Crippen molar-refractivity contribution in [2.75, 3.05) is 0 Å². The van der Waals surface area contributed by atoms with Crippen molar-refractivity contribution in [2.45, 2.75) is 45.5 Å². The number of rotatable bonds is 2. The van der Waals surface area contributed by atoms with Crippen molar-refractivity contribution < 1.29 is 9.13 Å². The monoisotopic (exact) mass is 285 g/mol. The van der Waals surface area contributed by atoms with Crippen LogP contribution in [0.25, 0.3) is 0 Å². The largest absolute Gasteiger partial charge is 0.478 e. The van der Waals surface area contributed by atoms with Crippen LogP contribution in [0, 0.1) is 25.7 Å². The third-order valence-corrected chi connectivity index (χ3v) is 3.60. The van der Waals surface area contributed by atoms with E-state index in [1.54, 1.807) is 19.2 Å². The Bertz CT molecular complexity index is 638. The molecular weight excluding hydrogens is 265 g/mol. The number of benzene rings is 1. The maximum absolute atomic E-state index is 14.6. The van der Waals surface area contributed by atoms with E-state index in [4.69, 9.17) is 4.74 Å². The zero-order valence-corrected chi connectivity index (χ0v) is 12.9. The molecule has 0 amide bonds. The molecule has 1 aromatic rings. The molecule has 3 unspecified atom stereocenters. The number of alkyl halides is 1. The summed E-state index contributed by atoms with van der Waals surface area (Å²) in [5, 5.41) is 0. The first kappa shape index (κ1) is 15.3. The zero-order valence-electron chi connectivity index (χ0n) is 12.9. The summed E-state index contributed by atoms with van der Waals surface area (Å²) in [6.45, 7) is 7.60. The number of aryl methyl sites for hydroxylation is 2. The number of ether oxygens (including phenoxy) is 1. The maximum Gasteiger partial charge on any atom is 0.211 e. The summed E-state index contributed by atoms with van der Waals surface area (Å²) in [6, 6.07) is 5.37. The molecule has 0 saturated carbocycles. The van der Waals surface area contributed by atoms with Crippen LogP contribution in [0.5, 0.6) is 5.75 Å². The Morgan fingerprint density at radius 2 is 2.10 bits per heavy atom. The molecule has 1 aliphatic rings. The predicted octanol–water partition coefficient (Wildman–Crippen LogP) is 3.81. The molecule has 0 bridgehead atoms. The standard InChI is InChI=1S/C18H20FNO/c1-13-6-7-17(12-14(13)2)21-15(3)8-10-18(19)9-5-11-20-16(18)4/h5-7,9,11-12,15-16H,1-4H3. The molecule has 0 aromatic heterocycles. The van der Waals surface area contributed by atoms with Crippen LogP contribution in [0.4, 0.5) is 4.39 Å². The molecular formula is C18H20FNO. The van der Waals surface area contributed by atoms with Gasteiger partial charge in [0, 0.05) is 6.21 Å². The van der Waals surface area contributed by atoms with Gasteiger partial charge in [0.1, 0.15) is 5.75 Å². The Morgan fingerprint density at radius 1 is 1.33 bits per heavy atom. The van der Waals surface area contributed by atoms with Crippen molar-refractivity contribution in [2.24, 2.45) is 4.99 Å². The summed E-state index contributed by atoms with van der Waals surface area (Å²) < 4.78 is 20.3. The first-order valence-electron chi connectivity index (χ1n) is 7.07. The lowest BCUT2D eigenvalue weighted by molar-refractivity contribution is 0.261. The minimum Gasteiger partial charge on any atom is -0.478 e. The quantitative estimate of drug-likeness (QED) is 0.757. The number of hydrogen-bond acceptors (Lipinski definition) is 2. The van der Waals surface area contributed by atoms with Gasteiger partial charge < -0.3 is 4.74 Å². The van der Waals surface area contributed by atoms with Gasteiger partial charge in [0.15, 0.2) is 6.10 Å². The van der Waals surface area contributed by atoms with Crippen LogP contribution in [0.2, 0.25) is 0 Å².